The van der Waals surface area contributed by atoms with Crippen LogP contribution in [0.4, 0.5) is 5.69 Å². The van der Waals surface area contributed by atoms with E-state index in [1.54, 1.807) is 13.8 Å². The lowest BCUT2D eigenvalue weighted by molar-refractivity contribution is 0.0994. The van der Waals surface area contributed by atoms with Gasteiger partial charge in [0.2, 0.25) is 5.76 Å². The molecule has 0 radical (unpaired) electrons. The van der Waals surface area contributed by atoms with Crippen molar-refractivity contribution >= 4 is 27.5 Å². The summed E-state index contributed by atoms with van der Waals surface area (Å²) in [4.78, 5) is 16.3. The van der Waals surface area contributed by atoms with E-state index < -0.39 is 0 Å². The van der Waals surface area contributed by atoms with E-state index in [4.69, 9.17) is 4.42 Å². The van der Waals surface area contributed by atoms with Gasteiger partial charge in [-0.05, 0) is 44.0 Å². The van der Waals surface area contributed by atoms with Gasteiger partial charge in [-0.2, -0.15) is 0 Å². The molecule has 2 aromatic rings. The van der Waals surface area contributed by atoms with Crippen LogP contribution in [0.25, 0.3) is 0 Å². The molecule has 0 bridgehead atoms. The molecule has 5 heteroatoms. The Labute approximate surface area is 120 Å². The van der Waals surface area contributed by atoms with Crippen molar-refractivity contribution in [3.8, 4) is 0 Å². The van der Waals surface area contributed by atoms with Gasteiger partial charge >= 0.3 is 0 Å². The molecule has 0 unspecified atom stereocenters. The SMILES string of the molecule is Cc1nc(C)c(C(=O)Nc2c(C)cc(Br)cc2C)o1. The highest BCUT2D eigenvalue weighted by atomic mass is 79.9. The number of anilines is 1. The second-order valence-corrected chi connectivity index (χ2v) is 5.43. The van der Waals surface area contributed by atoms with E-state index in [0.717, 1.165) is 21.3 Å². The fourth-order valence-electron chi connectivity index (χ4n) is 2.02. The van der Waals surface area contributed by atoms with Gasteiger partial charge < -0.3 is 9.73 Å². The van der Waals surface area contributed by atoms with Gasteiger partial charge in [-0.15, -0.1) is 0 Å². The number of hydrogen-bond donors (Lipinski definition) is 1. The molecule has 0 fully saturated rings. The molecule has 100 valence electrons. The molecule has 0 spiro atoms. The molecule has 0 aliphatic rings. The van der Waals surface area contributed by atoms with Gasteiger partial charge in [-0.25, -0.2) is 4.98 Å². The Morgan fingerprint density at radius 2 is 1.79 bits per heavy atom. The molecule has 1 heterocycles. The third-order valence-corrected chi connectivity index (χ3v) is 3.30. The fourth-order valence-corrected chi connectivity index (χ4v) is 2.71. The number of halogens is 1. The summed E-state index contributed by atoms with van der Waals surface area (Å²) >= 11 is 3.43. The van der Waals surface area contributed by atoms with E-state index in [1.165, 1.54) is 0 Å². The van der Waals surface area contributed by atoms with Crippen molar-refractivity contribution in [3.63, 3.8) is 0 Å². The number of carbonyl (C=O) groups excluding carboxylic acids is 1. The molecular formula is C14H15BrN2O2. The lowest BCUT2D eigenvalue weighted by Gasteiger charge is -2.11. The summed E-state index contributed by atoms with van der Waals surface area (Å²) in [6.45, 7) is 7.38. The van der Waals surface area contributed by atoms with Crippen LogP contribution in [0, 0.1) is 27.7 Å². The first-order chi connectivity index (χ1) is 8.88. The summed E-state index contributed by atoms with van der Waals surface area (Å²) in [5.74, 6) is 0.484. The monoisotopic (exact) mass is 322 g/mol. The molecule has 2 rings (SSSR count). The minimum atomic E-state index is -0.272. The van der Waals surface area contributed by atoms with Crippen molar-refractivity contribution in [1.29, 1.82) is 0 Å². The standard InChI is InChI=1S/C14H15BrN2O2/c1-7-5-11(15)6-8(2)12(7)17-14(18)13-9(3)16-10(4)19-13/h5-6H,1-4H3,(H,17,18). The normalized spacial score (nSPS) is 10.6. The van der Waals surface area contributed by atoms with Crippen molar-refractivity contribution in [3.05, 3.63) is 45.1 Å². The summed E-state index contributed by atoms with van der Waals surface area (Å²) in [6.07, 6.45) is 0. The maximum Gasteiger partial charge on any atom is 0.293 e. The third kappa shape index (κ3) is 2.87. The van der Waals surface area contributed by atoms with Crippen molar-refractivity contribution in [2.24, 2.45) is 0 Å². The van der Waals surface area contributed by atoms with Gasteiger partial charge in [0, 0.05) is 17.1 Å². The maximum absolute atomic E-state index is 12.2. The zero-order chi connectivity index (χ0) is 14.2. The van der Waals surface area contributed by atoms with Gasteiger partial charge in [0.1, 0.15) is 0 Å². The zero-order valence-electron chi connectivity index (χ0n) is 11.3. The topological polar surface area (TPSA) is 55.1 Å². The van der Waals surface area contributed by atoms with Crippen LogP contribution in [0.1, 0.15) is 33.3 Å². The van der Waals surface area contributed by atoms with Crippen LogP contribution < -0.4 is 5.32 Å². The van der Waals surface area contributed by atoms with Crippen molar-refractivity contribution in [2.75, 3.05) is 5.32 Å². The Hall–Kier alpha value is -1.62. The molecule has 0 aliphatic carbocycles. The number of nitrogens with zero attached hydrogens (tertiary/aromatic N) is 1. The van der Waals surface area contributed by atoms with E-state index in [-0.39, 0.29) is 11.7 Å². The van der Waals surface area contributed by atoms with Gasteiger partial charge in [0.15, 0.2) is 5.89 Å². The van der Waals surface area contributed by atoms with E-state index >= 15 is 0 Å². The van der Waals surface area contributed by atoms with Gasteiger partial charge in [-0.3, -0.25) is 4.79 Å². The lowest BCUT2D eigenvalue weighted by Crippen LogP contribution is -2.14. The van der Waals surface area contributed by atoms with E-state index in [9.17, 15) is 4.79 Å². The highest BCUT2D eigenvalue weighted by Gasteiger charge is 2.17. The number of hydrogen-bond acceptors (Lipinski definition) is 3. The number of aromatic nitrogens is 1. The van der Waals surface area contributed by atoms with Crippen LogP contribution in [0.15, 0.2) is 21.0 Å². The van der Waals surface area contributed by atoms with Gasteiger partial charge in [-0.1, -0.05) is 15.9 Å². The molecule has 1 amide bonds. The minimum absolute atomic E-state index is 0.263. The number of aryl methyl sites for hydroxylation is 4. The molecule has 1 aromatic heterocycles. The summed E-state index contributed by atoms with van der Waals surface area (Å²) in [5, 5.41) is 2.88. The molecule has 0 saturated carbocycles. The highest BCUT2D eigenvalue weighted by Crippen LogP contribution is 2.26. The first-order valence-electron chi connectivity index (χ1n) is 5.90. The second-order valence-electron chi connectivity index (χ2n) is 4.52. The average Bonchev–Trinajstić information content (AvgIpc) is 2.62. The van der Waals surface area contributed by atoms with E-state index in [2.05, 4.69) is 26.2 Å². The summed E-state index contributed by atoms with van der Waals surface area (Å²) in [6, 6.07) is 3.92. The van der Waals surface area contributed by atoms with Crippen LogP contribution >= 0.6 is 15.9 Å². The zero-order valence-corrected chi connectivity index (χ0v) is 12.9. The average molecular weight is 323 g/mol. The van der Waals surface area contributed by atoms with Crippen LogP contribution in [0.2, 0.25) is 0 Å². The lowest BCUT2D eigenvalue weighted by atomic mass is 10.1. The van der Waals surface area contributed by atoms with Crippen LogP contribution in [0.5, 0.6) is 0 Å². The molecule has 1 N–H and O–H groups in total. The minimum Gasteiger partial charge on any atom is -0.436 e. The van der Waals surface area contributed by atoms with Crippen molar-refractivity contribution in [1.82, 2.24) is 4.98 Å². The molecule has 19 heavy (non-hydrogen) atoms. The van der Waals surface area contributed by atoms with Crippen LogP contribution in [-0.4, -0.2) is 10.9 Å². The number of rotatable bonds is 2. The number of oxazole rings is 1. The smallest absolute Gasteiger partial charge is 0.293 e. The Balaban J connectivity index is 2.32. The first kappa shape index (κ1) is 13.8. The molecule has 0 atom stereocenters. The maximum atomic E-state index is 12.2. The van der Waals surface area contributed by atoms with Crippen molar-refractivity contribution < 1.29 is 9.21 Å². The van der Waals surface area contributed by atoms with Crippen molar-refractivity contribution in [2.45, 2.75) is 27.7 Å². The van der Waals surface area contributed by atoms with E-state index in [1.807, 2.05) is 26.0 Å². The Kier molecular flexibility index (Phi) is 3.75. The number of benzene rings is 1. The molecule has 4 nitrogen and oxygen atoms in total. The number of amides is 1. The fraction of sp³-hybridized carbons (Fsp3) is 0.286. The predicted molar refractivity (Wildman–Crippen MR) is 77.5 cm³/mol. The van der Waals surface area contributed by atoms with Gasteiger partial charge in [0.05, 0.1) is 5.69 Å². The highest BCUT2D eigenvalue weighted by molar-refractivity contribution is 9.10. The Morgan fingerprint density at radius 1 is 1.21 bits per heavy atom. The van der Waals surface area contributed by atoms with E-state index in [0.29, 0.717) is 11.6 Å². The quantitative estimate of drug-likeness (QED) is 0.911. The summed E-state index contributed by atoms with van der Waals surface area (Å²) in [7, 11) is 0. The third-order valence-electron chi connectivity index (χ3n) is 2.85. The largest absolute Gasteiger partial charge is 0.436 e. The molecule has 1 aromatic carbocycles. The molecular weight excluding hydrogens is 308 g/mol. The number of nitrogens with one attached hydrogen (secondary N) is 1. The molecule has 0 aliphatic heterocycles. The van der Waals surface area contributed by atoms with Crippen LogP contribution in [0.3, 0.4) is 0 Å². The first-order valence-corrected chi connectivity index (χ1v) is 6.70. The Bertz CT molecular complexity index is 624. The predicted octanol–water partition coefficient (Wildman–Crippen LogP) is 3.92. The summed E-state index contributed by atoms with van der Waals surface area (Å²) < 4.78 is 6.31. The summed E-state index contributed by atoms with van der Waals surface area (Å²) in [5.41, 5.74) is 3.40. The second kappa shape index (κ2) is 5.17. The van der Waals surface area contributed by atoms with Crippen LogP contribution in [-0.2, 0) is 0 Å². The molecule has 0 saturated heterocycles. The number of carbonyl (C=O) groups is 1. The Morgan fingerprint density at radius 3 is 2.26 bits per heavy atom. The van der Waals surface area contributed by atoms with Gasteiger partial charge in [0.25, 0.3) is 5.91 Å².